The lowest BCUT2D eigenvalue weighted by Crippen LogP contribution is -2.30. The van der Waals surface area contributed by atoms with Gasteiger partial charge in [0.1, 0.15) is 13.2 Å². The van der Waals surface area contributed by atoms with Gasteiger partial charge in [0.2, 0.25) is 0 Å². The summed E-state index contributed by atoms with van der Waals surface area (Å²) in [7, 11) is 0. The summed E-state index contributed by atoms with van der Waals surface area (Å²) in [4.78, 5) is 38.2. The van der Waals surface area contributed by atoms with Crippen LogP contribution in [-0.2, 0) is 28.6 Å². The van der Waals surface area contributed by atoms with Crippen molar-refractivity contribution in [2.75, 3.05) is 13.2 Å². The Hall–Kier alpha value is -3.67. The Labute approximate surface area is 432 Å². The van der Waals surface area contributed by atoms with Gasteiger partial charge >= 0.3 is 17.9 Å². The number of unbranched alkanes of at least 4 members (excludes halogenated alkanes) is 25. The number of esters is 3. The van der Waals surface area contributed by atoms with E-state index in [1.165, 1.54) is 116 Å². The molecular weight excluding hydrogens is 865 g/mol. The van der Waals surface area contributed by atoms with E-state index in [0.717, 1.165) is 116 Å². The summed E-state index contributed by atoms with van der Waals surface area (Å²) in [5.41, 5.74) is 0. The van der Waals surface area contributed by atoms with Crippen molar-refractivity contribution in [1.82, 2.24) is 0 Å². The van der Waals surface area contributed by atoms with Crippen LogP contribution in [-0.4, -0.2) is 37.2 Å². The Kier molecular flexibility index (Phi) is 54.9. The molecule has 0 aromatic rings. The van der Waals surface area contributed by atoms with E-state index in [1.54, 1.807) is 0 Å². The van der Waals surface area contributed by atoms with Crippen molar-refractivity contribution in [2.45, 2.75) is 277 Å². The number of carbonyl (C=O) groups is 3. The minimum absolute atomic E-state index is 0.0864. The first kappa shape index (κ1) is 66.3. The van der Waals surface area contributed by atoms with Gasteiger partial charge in [0, 0.05) is 19.3 Å². The lowest BCUT2D eigenvalue weighted by atomic mass is 10.1. The van der Waals surface area contributed by atoms with E-state index in [1.807, 2.05) is 0 Å². The SMILES string of the molecule is CC/C=C\C/C=C\C/C=C\C/C=C\CCCCCCCCCCCCC(=O)OCC(COC(=O)CCCCCCC/C=C\CCCCC)OC(=O)CCCCCCCCC/C=C\C/C=C\C/C=C\CC. The summed E-state index contributed by atoms with van der Waals surface area (Å²) >= 11 is 0. The van der Waals surface area contributed by atoms with Crippen molar-refractivity contribution in [3.63, 3.8) is 0 Å². The van der Waals surface area contributed by atoms with Crippen LogP contribution >= 0.6 is 0 Å². The van der Waals surface area contributed by atoms with Gasteiger partial charge in [-0.15, -0.1) is 0 Å². The Bertz CT molecular complexity index is 1400. The molecule has 0 aromatic carbocycles. The van der Waals surface area contributed by atoms with Crippen molar-refractivity contribution >= 4 is 17.9 Å². The number of rotatable bonds is 52. The average molecular weight is 974 g/mol. The maximum atomic E-state index is 12.9. The van der Waals surface area contributed by atoms with Gasteiger partial charge in [-0.1, -0.05) is 234 Å². The predicted octanol–water partition coefficient (Wildman–Crippen LogP) is 19.7. The number of hydrogen-bond donors (Lipinski definition) is 0. The Morgan fingerprint density at radius 2 is 0.557 bits per heavy atom. The van der Waals surface area contributed by atoms with Crippen LogP contribution in [0.4, 0.5) is 0 Å². The van der Waals surface area contributed by atoms with Gasteiger partial charge in [-0.3, -0.25) is 14.4 Å². The monoisotopic (exact) mass is 973 g/mol. The first-order valence-corrected chi connectivity index (χ1v) is 29.2. The number of carbonyl (C=O) groups excluding carboxylic acids is 3. The molecule has 0 rings (SSSR count). The second-order valence-corrected chi connectivity index (χ2v) is 19.1. The minimum Gasteiger partial charge on any atom is -0.462 e. The van der Waals surface area contributed by atoms with Gasteiger partial charge in [0.25, 0.3) is 0 Å². The van der Waals surface area contributed by atoms with E-state index < -0.39 is 6.10 Å². The normalized spacial score (nSPS) is 12.8. The maximum Gasteiger partial charge on any atom is 0.306 e. The third kappa shape index (κ3) is 55.3. The molecule has 0 bridgehead atoms. The Balaban J connectivity index is 4.34. The van der Waals surface area contributed by atoms with Crippen molar-refractivity contribution in [3.05, 3.63) is 97.2 Å². The minimum atomic E-state index is -0.789. The number of hydrogen-bond acceptors (Lipinski definition) is 6. The summed E-state index contributed by atoms with van der Waals surface area (Å²) < 4.78 is 16.9. The lowest BCUT2D eigenvalue weighted by Gasteiger charge is -2.18. The van der Waals surface area contributed by atoms with Crippen molar-refractivity contribution < 1.29 is 28.6 Å². The zero-order valence-corrected chi connectivity index (χ0v) is 45.8. The van der Waals surface area contributed by atoms with Crippen LogP contribution in [0.2, 0.25) is 0 Å². The van der Waals surface area contributed by atoms with Crippen LogP contribution in [0.5, 0.6) is 0 Å². The van der Waals surface area contributed by atoms with E-state index in [9.17, 15) is 14.4 Å². The zero-order chi connectivity index (χ0) is 50.7. The highest BCUT2D eigenvalue weighted by molar-refractivity contribution is 5.71. The van der Waals surface area contributed by atoms with Gasteiger partial charge in [0.05, 0.1) is 0 Å². The third-order valence-corrected chi connectivity index (χ3v) is 12.3. The summed E-state index contributed by atoms with van der Waals surface area (Å²) in [6.45, 7) is 6.38. The molecule has 0 aromatic heterocycles. The molecule has 6 heteroatoms. The molecule has 0 heterocycles. The van der Waals surface area contributed by atoms with Crippen molar-refractivity contribution in [1.29, 1.82) is 0 Å². The largest absolute Gasteiger partial charge is 0.462 e. The summed E-state index contributed by atoms with van der Waals surface area (Å²) in [5.74, 6) is -0.906. The highest BCUT2D eigenvalue weighted by Gasteiger charge is 2.19. The predicted molar refractivity (Wildman–Crippen MR) is 302 cm³/mol. The van der Waals surface area contributed by atoms with Gasteiger partial charge < -0.3 is 14.2 Å². The third-order valence-electron chi connectivity index (χ3n) is 12.3. The maximum absolute atomic E-state index is 12.9. The second kappa shape index (κ2) is 57.9. The van der Waals surface area contributed by atoms with E-state index >= 15 is 0 Å². The smallest absolute Gasteiger partial charge is 0.306 e. The fraction of sp³-hybridized carbons (Fsp3) is 0.703. The first-order valence-electron chi connectivity index (χ1n) is 29.2. The molecule has 400 valence electrons. The Morgan fingerprint density at radius 1 is 0.300 bits per heavy atom. The Morgan fingerprint density at radius 3 is 0.886 bits per heavy atom. The first-order chi connectivity index (χ1) is 34.5. The van der Waals surface area contributed by atoms with Crippen molar-refractivity contribution in [2.24, 2.45) is 0 Å². The molecule has 0 aliphatic heterocycles. The molecule has 0 N–H and O–H groups in total. The van der Waals surface area contributed by atoms with Crippen molar-refractivity contribution in [3.8, 4) is 0 Å². The standard InChI is InChI=1S/C64H108O6/c1-4-7-10-13-16-19-22-25-27-29-30-31-32-33-34-36-37-39-42-45-48-51-54-57-63(66)69-60-61(59-68-62(65)56-53-50-47-44-41-24-21-18-15-12-9-6-3)70-64(67)58-55-52-49-46-43-40-38-35-28-26-23-20-17-14-11-8-5-2/h7-8,10-11,16-21,25-28,30-31,61H,4-6,9,12-15,22-24,29,32-60H2,1-3H3/b10-7-,11-8-,19-16-,20-17-,21-18-,27-25-,28-26-,31-30-. The van der Waals surface area contributed by atoms with Gasteiger partial charge in [-0.05, 0) is 116 Å². The van der Waals surface area contributed by atoms with E-state index in [-0.39, 0.29) is 31.1 Å². The fourth-order valence-electron chi connectivity index (χ4n) is 7.97. The molecule has 0 aliphatic carbocycles. The van der Waals surface area contributed by atoms with E-state index in [4.69, 9.17) is 14.2 Å². The molecule has 70 heavy (non-hydrogen) atoms. The molecule has 0 spiro atoms. The van der Waals surface area contributed by atoms with Crippen LogP contribution in [0.1, 0.15) is 271 Å². The molecule has 0 amide bonds. The molecule has 6 nitrogen and oxygen atoms in total. The number of ether oxygens (including phenoxy) is 3. The molecule has 0 saturated carbocycles. The fourth-order valence-corrected chi connectivity index (χ4v) is 7.97. The van der Waals surface area contributed by atoms with Crippen LogP contribution in [0.15, 0.2) is 97.2 Å². The zero-order valence-electron chi connectivity index (χ0n) is 45.8. The molecule has 0 aliphatic rings. The summed E-state index contributed by atoms with van der Waals surface area (Å²) in [5, 5.41) is 0. The molecule has 0 radical (unpaired) electrons. The van der Waals surface area contributed by atoms with E-state index in [2.05, 4.69) is 118 Å². The number of allylic oxidation sites excluding steroid dienone is 16. The highest BCUT2D eigenvalue weighted by Crippen LogP contribution is 2.15. The topological polar surface area (TPSA) is 78.9 Å². The van der Waals surface area contributed by atoms with Crippen LogP contribution in [0, 0.1) is 0 Å². The molecule has 0 saturated heterocycles. The van der Waals surface area contributed by atoms with Gasteiger partial charge in [-0.2, -0.15) is 0 Å². The summed E-state index contributed by atoms with van der Waals surface area (Å²) in [6.07, 6.45) is 76.8. The van der Waals surface area contributed by atoms with Crippen LogP contribution < -0.4 is 0 Å². The second-order valence-electron chi connectivity index (χ2n) is 19.1. The lowest BCUT2D eigenvalue weighted by molar-refractivity contribution is -0.167. The highest BCUT2D eigenvalue weighted by atomic mass is 16.6. The molecule has 1 unspecified atom stereocenters. The molecule has 1 atom stereocenters. The quantitative estimate of drug-likeness (QED) is 0.0262. The molecule has 0 fully saturated rings. The van der Waals surface area contributed by atoms with Crippen LogP contribution in [0.3, 0.4) is 0 Å². The van der Waals surface area contributed by atoms with Crippen LogP contribution in [0.25, 0.3) is 0 Å². The van der Waals surface area contributed by atoms with Gasteiger partial charge in [0.15, 0.2) is 6.10 Å². The van der Waals surface area contributed by atoms with E-state index in [0.29, 0.717) is 19.3 Å². The summed E-state index contributed by atoms with van der Waals surface area (Å²) in [6, 6.07) is 0. The molecular formula is C64H108O6. The average Bonchev–Trinajstić information content (AvgIpc) is 3.36. The van der Waals surface area contributed by atoms with Gasteiger partial charge in [-0.25, -0.2) is 0 Å².